The second kappa shape index (κ2) is 6.41. The number of aromatic nitrogens is 2. The van der Waals surface area contributed by atoms with E-state index in [0.29, 0.717) is 35.6 Å². The van der Waals surface area contributed by atoms with E-state index in [2.05, 4.69) is 10.2 Å². The third-order valence-corrected chi connectivity index (χ3v) is 5.59. The number of nitrogens with zero attached hydrogens (tertiary/aromatic N) is 3. The van der Waals surface area contributed by atoms with Gasteiger partial charge < -0.3 is 14.1 Å². The number of fused-ring (bicyclic) bond motifs is 1. The summed E-state index contributed by atoms with van der Waals surface area (Å²) in [5.74, 6) is 2.32. The van der Waals surface area contributed by atoms with Crippen molar-refractivity contribution in [3.63, 3.8) is 0 Å². The van der Waals surface area contributed by atoms with Crippen molar-refractivity contribution in [1.82, 2.24) is 15.1 Å². The number of carbonyl (C=O) groups excluding carboxylic acids is 1. The molecule has 6 nitrogen and oxygen atoms in total. The molecule has 1 aromatic carbocycles. The summed E-state index contributed by atoms with van der Waals surface area (Å²) in [5.41, 5.74) is 0.433. The molecule has 1 saturated carbocycles. The van der Waals surface area contributed by atoms with Crippen molar-refractivity contribution in [2.45, 2.75) is 51.6 Å². The molecule has 2 fully saturated rings. The SMILES string of the molecule is Cc1nnc([C@]23CCC[C@H]2CN(C(=O)c2ccccc2OC(C)C)C3)o1. The summed E-state index contributed by atoms with van der Waals surface area (Å²) in [7, 11) is 0. The molecule has 6 heteroatoms. The molecule has 0 bridgehead atoms. The number of rotatable bonds is 4. The van der Waals surface area contributed by atoms with Crippen molar-refractivity contribution >= 4 is 5.91 Å². The number of likely N-dealkylation sites (tertiary alicyclic amines) is 1. The molecule has 2 aliphatic rings. The summed E-state index contributed by atoms with van der Waals surface area (Å²) in [5, 5.41) is 8.33. The molecule has 0 spiro atoms. The van der Waals surface area contributed by atoms with E-state index in [1.807, 2.05) is 49.9 Å². The fraction of sp³-hybridized carbons (Fsp3) is 0.550. The number of hydrogen-bond donors (Lipinski definition) is 0. The third kappa shape index (κ3) is 2.77. The molecule has 138 valence electrons. The lowest BCUT2D eigenvalue weighted by Gasteiger charge is -2.24. The van der Waals surface area contributed by atoms with E-state index in [9.17, 15) is 4.79 Å². The zero-order chi connectivity index (χ0) is 18.3. The van der Waals surface area contributed by atoms with E-state index in [1.165, 1.54) is 0 Å². The van der Waals surface area contributed by atoms with Crippen LogP contribution in [0.25, 0.3) is 0 Å². The van der Waals surface area contributed by atoms with Gasteiger partial charge in [0.2, 0.25) is 11.8 Å². The van der Waals surface area contributed by atoms with E-state index in [4.69, 9.17) is 9.15 Å². The van der Waals surface area contributed by atoms with Gasteiger partial charge in [-0.05, 0) is 44.7 Å². The maximum absolute atomic E-state index is 13.2. The lowest BCUT2D eigenvalue weighted by Crippen LogP contribution is -2.35. The summed E-state index contributed by atoms with van der Waals surface area (Å²) in [6.07, 6.45) is 3.25. The van der Waals surface area contributed by atoms with Gasteiger partial charge in [-0.3, -0.25) is 4.79 Å². The van der Waals surface area contributed by atoms with Crippen molar-refractivity contribution in [1.29, 1.82) is 0 Å². The Morgan fingerprint density at radius 1 is 1.35 bits per heavy atom. The Morgan fingerprint density at radius 3 is 2.88 bits per heavy atom. The molecule has 2 aromatic rings. The molecular weight excluding hydrogens is 330 g/mol. The van der Waals surface area contributed by atoms with Crippen LogP contribution in [0.5, 0.6) is 5.75 Å². The first-order valence-electron chi connectivity index (χ1n) is 9.35. The summed E-state index contributed by atoms with van der Waals surface area (Å²) < 4.78 is 11.6. The average molecular weight is 355 g/mol. The van der Waals surface area contributed by atoms with Crippen LogP contribution >= 0.6 is 0 Å². The molecule has 0 radical (unpaired) electrons. The number of aryl methyl sites for hydroxylation is 1. The predicted molar refractivity (Wildman–Crippen MR) is 96.2 cm³/mol. The molecular formula is C20H25N3O3. The number of amides is 1. The van der Waals surface area contributed by atoms with E-state index >= 15 is 0 Å². The molecule has 2 atom stereocenters. The van der Waals surface area contributed by atoms with Gasteiger partial charge >= 0.3 is 0 Å². The standard InChI is InChI=1S/C20H25N3O3/c1-13(2)25-17-9-5-4-8-16(17)18(24)23-11-15-7-6-10-20(15,12-23)19-22-21-14(3)26-19/h4-5,8-9,13,15H,6-7,10-12H2,1-3H3/t15-,20-/m0/s1. The van der Waals surface area contributed by atoms with Crippen molar-refractivity contribution in [2.24, 2.45) is 5.92 Å². The largest absolute Gasteiger partial charge is 0.490 e. The topological polar surface area (TPSA) is 68.5 Å². The Labute approximate surface area is 153 Å². The van der Waals surface area contributed by atoms with E-state index in [0.717, 1.165) is 25.8 Å². The highest BCUT2D eigenvalue weighted by molar-refractivity contribution is 5.97. The number of benzene rings is 1. The van der Waals surface area contributed by atoms with Gasteiger partial charge in [-0.15, -0.1) is 10.2 Å². The van der Waals surface area contributed by atoms with Crippen molar-refractivity contribution in [2.75, 3.05) is 13.1 Å². The van der Waals surface area contributed by atoms with Gasteiger partial charge in [0.1, 0.15) is 5.75 Å². The minimum atomic E-state index is -0.190. The first-order chi connectivity index (χ1) is 12.5. The molecule has 0 N–H and O–H groups in total. The third-order valence-electron chi connectivity index (χ3n) is 5.59. The smallest absolute Gasteiger partial charge is 0.257 e. The van der Waals surface area contributed by atoms with Crippen LogP contribution in [0, 0.1) is 12.8 Å². The maximum Gasteiger partial charge on any atom is 0.257 e. The van der Waals surface area contributed by atoms with Crippen LogP contribution in [0.3, 0.4) is 0 Å². The Balaban J connectivity index is 1.62. The van der Waals surface area contributed by atoms with Crippen molar-refractivity contribution in [3.8, 4) is 5.75 Å². The highest BCUT2D eigenvalue weighted by atomic mass is 16.5. The van der Waals surface area contributed by atoms with Gasteiger partial charge in [0.25, 0.3) is 5.91 Å². The van der Waals surface area contributed by atoms with Gasteiger partial charge in [0.05, 0.1) is 17.1 Å². The van der Waals surface area contributed by atoms with Crippen LogP contribution < -0.4 is 4.74 Å². The fourth-order valence-corrected chi connectivity index (χ4v) is 4.46. The van der Waals surface area contributed by atoms with Crippen LogP contribution in [-0.4, -0.2) is 40.2 Å². The molecule has 0 unspecified atom stereocenters. The molecule has 1 amide bonds. The molecule has 1 aromatic heterocycles. The zero-order valence-corrected chi connectivity index (χ0v) is 15.6. The number of hydrogen-bond acceptors (Lipinski definition) is 5. The summed E-state index contributed by atoms with van der Waals surface area (Å²) in [6, 6.07) is 7.49. The number of carbonyl (C=O) groups is 1. The van der Waals surface area contributed by atoms with E-state index in [-0.39, 0.29) is 17.4 Å². The first kappa shape index (κ1) is 17.1. The number of para-hydroxylation sites is 1. The van der Waals surface area contributed by atoms with Crippen LogP contribution in [-0.2, 0) is 5.41 Å². The lowest BCUT2D eigenvalue weighted by molar-refractivity contribution is 0.0769. The normalized spacial score (nSPS) is 24.9. The minimum absolute atomic E-state index is 0.0197. The van der Waals surface area contributed by atoms with Gasteiger partial charge in [0.15, 0.2) is 0 Å². The van der Waals surface area contributed by atoms with Gasteiger partial charge in [-0.2, -0.15) is 0 Å². The summed E-state index contributed by atoms with van der Waals surface area (Å²) in [6.45, 7) is 7.11. The van der Waals surface area contributed by atoms with Gasteiger partial charge in [-0.25, -0.2) is 0 Å². The second-order valence-corrected chi connectivity index (χ2v) is 7.72. The Bertz CT molecular complexity index is 816. The highest BCUT2D eigenvalue weighted by Gasteiger charge is 2.55. The Morgan fingerprint density at radius 2 is 2.15 bits per heavy atom. The Hall–Kier alpha value is -2.37. The molecule has 26 heavy (non-hydrogen) atoms. The monoisotopic (exact) mass is 355 g/mol. The van der Waals surface area contributed by atoms with Crippen LogP contribution in [0.4, 0.5) is 0 Å². The lowest BCUT2D eigenvalue weighted by atomic mass is 9.80. The molecule has 4 rings (SSSR count). The van der Waals surface area contributed by atoms with E-state index < -0.39 is 0 Å². The molecule has 1 aliphatic heterocycles. The minimum Gasteiger partial charge on any atom is -0.490 e. The average Bonchev–Trinajstić information content (AvgIpc) is 3.27. The van der Waals surface area contributed by atoms with Crippen molar-refractivity contribution in [3.05, 3.63) is 41.6 Å². The number of ether oxygens (including phenoxy) is 1. The summed E-state index contributed by atoms with van der Waals surface area (Å²) >= 11 is 0. The van der Waals surface area contributed by atoms with Gasteiger partial charge in [0, 0.05) is 20.0 Å². The first-order valence-corrected chi connectivity index (χ1v) is 9.35. The van der Waals surface area contributed by atoms with Crippen LogP contribution in [0.1, 0.15) is 55.2 Å². The Kier molecular flexibility index (Phi) is 4.21. The van der Waals surface area contributed by atoms with E-state index in [1.54, 1.807) is 0 Å². The quantitative estimate of drug-likeness (QED) is 0.841. The summed E-state index contributed by atoms with van der Waals surface area (Å²) in [4.78, 5) is 15.2. The fourth-order valence-electron chi connectivity index (χ4n) is 4.46. The zero-order valence-electron chi connectivity index (χ0n) is 15.6. The maximum atomic E-state index is 13.2. The van der Waals surface area contributed by atoms with Crippen LogP contribution in [0.2, 0.25) is 0 Å². The molecule has 1 saturated heterocycles. The second-order valence-electron chi connectivity index (χ2n) is 7.72. The predicted octanol–water partition coefficient (Wildman–Crippen LogP) is 3.36. The molecule has 1 aliphatic carbocycles. The van der Waals surface area contributed by atoms with Gasteiger partial charge in [-0.1, -0.05) is 18.6 Å². The van der Waals surface area contributed by atoms with Crippen LogP contribution in [0.15, 0.2) is 28.7 Å². The van der Waals surface area contributed by atoms with Crippen molar-refractivity contribution < 1.29 is 13.9 Å². The molecule has 2 heterocycles. The highest BCUT2D eigenvalue weighted by Crippen LogP contribution is 2.50.